The molecule has 3 aromatic carbocycles. The van der Waals surface area contributed by atoms with E-state index in [0.29, 0.717) is 15.6 Å². The van der Waals surface area contributed by atoms with Crippen LogP contribution in [0.4, 0.5) is 10.1 Å². The average molecular weight is 637 g/mol. The summed E-state index contributed by atoms with van der Waals surface area (Å²) < 4.78 is 39.6. The molecule has 0 spiro atoms. The third-order valence-electron chi connectivity index (χ3n) is 6.43. The van der Waals surface area contributed by atoms with Crippen molar-refractivity contribution < 1.29 is 22.4 Å². The molecule has 0 bridgehead atoms. The van der Waals surface area contributed by atoms with Crippen molar-refractivity contribution in [3.8, 4) is 0 Å². The Morgan fingerprint density at radius 3 is 2.07 bits per heavy atom. The molecule has 1 N–H and O–H groups in total. The fraction of sp³-hybridized carbons (Fsp3) is 0.355. The second-order valence-corrected chi connectivity index (χ2v) is 13.8. The molecule has 0 aromatic heterocycles. The quantitative estimate of drug-likeness (QED) is 0.255. The third kappa shape index (κ3) is 9.71. The minimum atomic E-state index is -3.71. The number of rotatable bonds is 12. The Morgan fingerprint density at radius 2 is 1.52 bits per heavy atom. The van der Waals surface area contributed by atoms with Gasteiger partial charge in [-0.05, 0) is 69.2 Å². The SMILES string of the molecule is CC(C)(C)NC(=O)[C@@H](Cc1ccccc1)N(Cc1c(Cl)cccc1Cl)C(=O)CCCN(c1ccc(F)cc1)S(C)(=O)=O. The van der Waals surface area contributed by atoms with Gasteiger partial charge in [-0.25, -0.2) is 12.8 Å². The Bertz CT molecular complexity index is 1460. The van der Waals surface area contributed by atoms with E-state index in [1.165, 1.54) is 29.2 Å². The molecule has 1 atom stereocenters. The molecule has 11 heteroatoms. The maximum Gasteiger partial charge on any atom is 0.243 e. The zero-order valence-corrected chi connectivity index (χ0v) is 26.4. The standard InChI is InChI=1S/C31H36Cl2FN3O4S/c1-31(2,3)35-30(39)28(20-22-10-6-5-7-11-22)36(21-25-26(32)12-8-13-27(25)33)29(38)14-9-19-37(42(4,40)41)24-17-15-23(34)16-18-24/h5-8,10-13,15-18,28H,9,14,19-21H2,1-4H3,(H,35,39)/t28-/m1/s1. The average Bonchev–Trinajstić information content (AvgIpc) is 2.89. The van der Waals surface area contributed by atoms with Gasteiger partial charge in [0, 0.05) is 47.1 Å². The van der Waals surface area contributed by atoms with Crippen molar-refractivity contribution in [1.29, 1.82) is 0 Å². The van der Waals surface area contributed by atoms with Gasteiger partial charge in [-0.2, -0.15) is 0 Å². The number of sulfonamides is 1. The van der Waals surface area contributed by atoms with Crippen LogP contribution in [0.3, 0.4) is 0 Å². The lowest BCUT2D eigenvalue weighted by Crippen LogP contribution is -2.54. The molecular weight excluding hydrogens is 600 g/mol. The molecule has 0 fully saturated rings. The van der Waals surface area contributed by atoms with E-state index in [1.54, 1.807) is 18.2 Å². The lowest BCUT2D eigenvalue weighted by Gasteiger charge is -2.34. The van der Waals surface area contributed by atoms with Crippen molar-refractivity contribution >= 4 is 50.7 Å². The lowest BCUT2D eigenvalue weighted by molar-refractivity contribution is -0.142. The molecule has 0 radical (unpaired) electrons. The number of carbonyl (C=O) groups excluding carboxylic acids is 2. The molecule has 0 saturated heterocycles. The van der Waals surface area contributed by atoms with Crippen LogP contribution < -0.4 is 9.62 Å². The number of carbonyl (C=O) groups is 2. The second kappa shape index (κ2) is 14.4. The predicted octanol–water partition coefficient (Wildman–Crippen LogP) is 6.23. The zero-order chi connectivity index (χ0) is 31.1. The maximum atomic E-state index is 13.9. The van der Waals surface area contributed by atoms with Gasteiger partial charge in [0.05, 0.1) is 11.9 Å². The van der Waals surface area contributed by atoms with Gasteiger partial charge in [0.25, 0.3) is 0 Å². The van der Waals surface area contributed by atoms with Crippen molar-refractivity contribution in [2.24, 2.45) is 0 Å². The molecule has 2 amide bonds. The molecule has 0 unspecified atom stereocenters. The van der Waals surface area contributed by atoms with Crippen molar-refractivity contribution in [2.75, 3.05) is 17.1 Å². The molecule has 226 valence electrons. The van der Waals surface area contributed by atoms with Crippen LogP contribution in [0.25, 0.3) is 0 Å². The minimum Gasteiger partial charge on any atom is -0.350 e. The summed E-state index contributed by atoms with van der Waals surface area (Å²) >= 11 is 13.0. The van der Waals surface area contributed by atoms with E-state index >= 15 is 0 Å². The first-order chi connectivity index (χ1) is 19.7. The van der Waals surface area contributed by atoms with Crippen LogP contribution >= 0.6 is 23.2 Å². The van der Waals surface area contributed by atoms with Crippen molar-refractivity contribution in [1.82, 2.24) is 10.2 Å². The number of amides is 2. The molecule has 0 aliphatic rings. The molecule has 0 saturated carbocycles. The van der Waals surface area contributed by atoms with Crippen molar-refractivity contribution in [3.05, 3.63) is 99.8 Å². The van der Waals surface area contributed by atoms with Gasteiger partial charge in [0.15, 0.2) is 0 Å². The monoisotopic (exact) mass is 635 g/mol. The Labute approximate surface area is 257 Å². The molecule has 0 aliphatic carbocycles. The first kappa shape index (κ1) is 33.4. The number of nitrogens with zero attached hydrogens (tertiary/aromatic N) is 2. The largest absolute Gasteiger partial charge is 0.350 e. The van der Waals surface area contributed by atoms with Gasteiger partial charge in [-0.1, -0.05) is 59.6 Å². The highest BCUT2D eigenvalue weighted by Crippen LogP contribution is 2.28. The molecule has 3 rings (SSSR count). The summed E-state index contributed by atoms with van der Waals surface area (Å²) in [5.41, 5.74) is 1.08. The van der Waals surface area contributed by atoms with E-state index in [1.807, 2.05) is 51.1 Å². The van der Waals surface area contributed by atoms with E-state index in [2.05, 4.69) is 5.32 Å². The van der Waals surface area contributed by atoms with Crippen molar-refractivity contribution in [2.45, 2.75) is 58.2 Å². The minimum absolute atomic E-state index is 0.0194. The van der Waals surface area contributed by atoms with E-state index < -0.39 is 27.4 Å². The summed E-state index contributed by atoms with van der Waals surface area (Å²) in [6.45, 7) is 5.53. The van der Waals surface area contributed by atoms with Crippen LogP contribution in [0.1, 0.15) is 44.7 Å². The number of hydrogen-bond acceptors (Lipinski definition) is 4. The summed E-state index contributed by atoms with van der Waals surface area (Å²) in [4.78, 5) is 29.1. The van der Waals surface area contributed by atoms with Crippen LogP contribution in [-0.4, -0.2) is 49.5 Å². The first-order valence-corrected chi connectivity index (χ1v) is 16.1. The van der Waals surface area contributed by atoms with Gasteiger partial charge < -0.3 is 10.2 Å². The van der Waals surface area contributed by atoms with E-state index in [-0.39, 0.29) is 49.9 Å². The highest BCUT2D eigenvalue weighted by molar-refractivity contribution is 7.92. The number of benzene rings is 3. The second-order valence-electron chi connectivity index (χ2n) is 11.1. The Morgan fingerprint density at radius 1 is 0.929 bits per heavy atom. The Kier molecular flexibility index (Phi) is 11.4. The van der Waals surface area contributed by atoms with Gasteiger partial charge in [0.1, 0.15) is 11.9 Å². The van der Waals surface area contributed by atoms with Crippen molar-refractivity contribution in [3.63, 3.8) is 0 Å². The molecule has 0 aliphatic heterocycles. The number of hydrogen-bond donors (Lipinski definition) is 1. The topological polar surface area (TPSA) is 86.8 Å². The molecule has 42 heavy (non-hydrogen) atoms. The van der Waals surface area contributed by atoms with Crippen LogP contribution in [0.15, 0.2) is 72.8 Å². The molecular formula is C31H36Cl2FN3O4S. The van der Waals surface area contributed by atoms with E-state index in [4.69, 9.17) is 23.2 Å². The maximum absolute atomic E-state index is 13.9. The fourth-order valence-corrected chi connectivity index (χ4v) is 5.95. The summed E-state index contributed by atoms with van der Waals surface area (Å²) in [5.74, 6) is -1.20. The van der Waals surface area contributed by atoms with Crippen LogP contribution in [0, 0.1) is 5.82 Å². The Hall–Kier alpha value is -3.14. The van der Waals surface area contributed by atoms with E-state index in [9.17, 15) is 22.4 Å². The molecule has 0 heterocycles. The van der Waals surface area contributed by atoms with Crippen LogP contribution in [0.2, 0.25) is 10.0 Å². The van der Waals surface area contributed by atoms with E-state index in [0.717, 1.165) is 16.1 Å². The highest BCUT2D eigenvalue weighted by Gasteiger charge is 2.33. The van der Waals surface area contributed by atoms with Crippen LogP contribution in [0.5, 0.6) is 0 Å². The third-order valence-corrected chi connectivity index (χ3v) is 8.33. The summed E-state index contributed by atoms with van der Waals surface area (Å²) in [6.07, 6.45) is 1.37. The van der Waals surface area contributed by atoms with Crippen LogP contribution in [-0.2, 0) is 32.6 Å². The van der Waals surface area contributed by atoms with Gasteiger partial charge in [0.2, 0.25) is 21.8 Å². The normalized spacial score (nSPS) is 12.5. The summed E-state index contributed by atoms with van der Waals surface area (Å²) in [6, 6.07) is 18.6. The lowest BCUT2D eigenvalue weighted by atomic mass is 10.00. The fourth-order valence-electron chi connectivity index (χ4n) is 4.47. The zero-order valence-electron chi connectivity index (χ0n) is 24.1. The molecule has 3 aromatic rings. The van der Waals surface area contributed by atoms with Gasteiger partial charge >= 0.3 is 0 Å². The van der Waals surface area contributed by atoms with Gasteiger partial charge in [-0.3, -0.25) is 13.9 Å². The molecule has 7 nitrogen and oxygen atoms in total. The smallest absolute Gasteiger partial charge is 0.243 e. The number of nitrogens with one attached hydrogen (secondary N) is 1. The van der Waals surface area contributed by atoms with Gasteiger partial charge in [-0.15, -0.1) is 0 Å². The summed E-state index contributed by atoms with van der Waals surface area (Å²) in [7, 11) is -3.71. The first-order valence-electron chi connectivity index (χ1n) is 13.5. The predicted molar refractivity (Wildman–Crippen MR) is 167 cm³/mol. The number of anilines is 1. The summed E-state index contributed by atoms with van der Waals surface area (Å²) in [5, 5.41) is 3.71. The highest BCUT2D eigenvalue weighted by atomic mass is 35.5. The number of halogens is 3. The Balaban J connectivity index is 1.94.